The first-order valence-corrected chi connectivity index (χ1v) is 10.9. The molecule has 0 atom stereocenters. The van der Waals surface area contributed by atoms with E-state index in [1.807, 2.05) is 12.1 Å². The number of rotatable bonds is 6. The lowest BCUT2D eigenvalue weighted by Gasteiger charge is -2.11. The van der Waals surface area contributed by atoms with Crippen LogP contribution in [0.25, 0.3) is 33.7 Å². The van der Waals surface area contributed by atoms with Crippen LogP contribution in [0.15, 0.2) is 85.3 Å². The third-order valence-electron chi connectivity index (χ3n) is 5.44. The number of nitrogens with one attached hydrogen (secondary N) is 1. The van der Waals surface area contributed by atoms with Crippen LogP contribution in [0.1, 0.15) is 15.9 Å². The Labute approximate surface area is 199 Å². The predicted octanol–water partition coefficient (Wildman–Crippen LogP) is 5.00. The zero-order chi connectivity index (χ0) is 24.2. The first kappa shape index (κ1) is 22.2. The second kappa shape index (κ2) is 9.72. The first-order valence-electron chi connectivity index (χ1n) is 10.9. The Kier molecular flexibility index (Phi) is 6.17. The van der Waals surface area contributed by atoms with Crippen LogP contribution in [0.5, 0.6) is 0 Å². The maximum atomic E-state index is 13.5. The van der Waals surface area contributed by atoms with E-state index < -0.39 is 0 Å². The summed E-state index contributed by atoms with van der Waals surface area (Å²) in [5.74, 6) is -1.03. The van der Waals surface area contributed by atoms with Crippen molar-refractivity contribution in [2.24, 2.45) is 0 Å². The Hall–Kier alpha value is -4.59. The zero-order valence-electron chi connectivity index (χ0n) is 18.5. The molecule has 0 saturated heterocycles. The van der Waals surface area contributed by atoms with Crippen molar-refractivity contribution in [3.05, 3.63) is 108 Å². The van der Waals surface area contributed by atoms with Gasteiger partial charge in [0.1, 0.15) is 17.2 Å². The molecule has 8 heteroatoms. The molecule has 1 N–H and O–H groups in total. The van der Waals surface area contributed by atoms with Gasteiger partial charge in [-0.2, -0.15) is 0 Å². The van der Waals surface area contributed by atoms with Gasteiger partial charge in [0.25, 0.3) is 5.91 Å². The van der Waals surface area contributed by atoms with E-state index >= 15 is 0 Å². The van der Waals surface area contributed by atoms with E-state index in [4.69, 9.17) is 4.98 Å². The minimum Gasteiger partial charge on any atom is -0.352 e. The molecule has 35 heavy (non-hydrogen) atoms. The fourth-order valence-electron chi connectivity index (χ4n) is 3.66. The van der Waals surface area contributed by atoms with Crippen LogP contribution in [0, 0.1) is 11.6 Å². The lowest BCUT2D eigenvalue weighted by molar-refractivity contribution is 0.0954. The first-order chi connectivity index (χ1) is 17.1. The van der Waals surface area contributed by atoms with Crippen molar-refractivity contribution in [1.82, 2.24) is 25.3 Å². The van der Waals surface area contributed by atoms with Crippen LogP contribution in [0.3, 0.4) is 0 Å². The highest BCUT2D eigenvalue weighted by Gasteiger charge is 2.16. The van der Waals surface area contributed by atoms with Gasteiger partial charge in [0.2, 0.25) is 0 Å². The molecule has 5 aromatic rings. The van der Waals surface area contributed by atoms with Crippen molar-refractivity contribution < 1.29 is 13.6 Å². The SMILES string of the molecule is O=C(NCCc1cccnc1)c1cnc2nc(-c3ccc(F)cc3)c(-c3ccc(F)cc3)nc2c1. The summed E-state index contributed by atoms with van der Waals surface area (Å²) < 4.78 is 27.0. The van der Waals surface area contributed by atoms with Gasteiger partial charge in [0, 0.05) is 36.3 Å². The quantitative estimate of drug-likeness (QED) is 0.380. The summed E-state index contributed by atoms with van der Waals surface area (Å²) in [7, 11) is 0. The van der Waals surface area contributed by atoms with Crippen LogP contribution < -0.4 is 5.32 Å². The number of aromatic nitrogens is 4. The number of carbonyl (C=O) groups excluding carboxylic acids is 1. The molecule has 5 rings (SSSR count). The van der Waals surface area contributed by atoms with Crippen LogP contribution in [-0.4, -0.2) is 32.4 Å². The molecule has 6 nitrogen and oxygen atoms in total. The van der Waals surface area contributed by atoms with Gasteiger partial charge >= 0.3 is 0 Å². The Morgan fingerprint density at radius 1 is 0.829 bits per heavy atom. The molecule has 0 aliphatic rings. The highest BCUT2D eigenvalue weighted by Crippen LogP contribution is 2.31. The molecule has 0 aliphatic heterocycles. The molecule has 0 unspecified atom stereocenters. The summed E-state index contributed by atoms with van der Waals surface area (Å²) >= 11 is 0. The number of benzene rings is 2. The van der Waals surface area contributed by atoms with Crippen molar-refractivity contribution in [1.29, 1.82) is 0 Å². The van der Waals surface area contributed by atoms with Gasteiger partial charge in [-0.3, -0.25) is 9.78 Å². The van der Waals surface area contributed by atoms with E-state index in [-0.39, 0.29) is 17.5 Å². The average Bonchev–Trinajstić information content (AvgIpc) is 2.89. The van der Waals surface area contributed by atoms with Gasteiger partial charge in [0.15, 0.2) is 5.65 Å². The van der Waals surface area contributed by atoms with Crippen molar-refractivity contribution in [3.63, 3.8) is 0 Å². The van der Waals surface area contributed by atoms with Crippen LogP contribution in [-0.2, 0) is 6.42 Å². The van der Waals surface area contributed by atoms with Crippen LogP contribution >= 0.6 is 0 Å². The normalized spacial score (nSPS) is 10.9. The third kappa shape index (κ3) is 5.01. The fraction of sp³-hybridized carbons (Fsp3) is 0.0741. The van der Waals surface area contributed by atoms with Gasteiger partial charge in [-0.15, -0.1) is 0 Å². The molecule has 0 aliphatic carbocycles. The molecular formula is C27H19F2N5O. The lowest BCUT2D eigenvalue weighted by Crippen LogP contribution is -2.25. The molecule has 0 bridgehead atoms. The van der Waals surface area contributed by atoms with Crippen LogP contribution in [0.4, 0.5) is 8.78 Å². The third-order valence-corrected chi connectivity index (χ3v) is 5.44. The monoisotopic (exact) mass is 467 g/mol. The Morgan fingerprint density at radius 2 is 1.49 bits per heavy atom. The fourth-order valence-corrected chi connectivity index (χ4v) is 3.66. The molecule has 0 saturated carbocycles. The second-order valence-electron chi connectivity index (χ2n) is 7.87. The number of hydrogen-bond acceptors (Lipinski definition) is 5. The van der Waals surface area contributed by atoms with E-state index in [1.54, 1.807) is 42.7 Å². The minimum atomic E-state index is -0.377. The lowest BCUT2D eigenvalue weighted by atomic mass is 10.0. The summed E-state index contributed by atoms with van der Waals surface area (Å²) in [4.78, 5) is 30.5. The Bertz CT molecular complexity index is 1490. The van der Waals surface area contributed by atoms with E-state index in [2.05, 4.69) is 20.3 Å². The smallest absolute Gasteiger partial charge is 0.252 e. The number of fused-ring (bicyclic) bond motifs is 1. The van der Waals surface area contributed by atoms with Crippen LogP contribution in [0.2, 0.25) is 0 Å². The van der Waals surface area contributed by atoms with Gasteiger partial charge in [-0.1, -0.05) is 6.07 Å². The van der Waals surface area contributed by atoms with Gasteiger partial charge < -0.3 is 5.32 Å². The molecule has 0 spiro atoms. The number of nitrogens with zero attached hydrogens (tertiary/aromatic N) is 4. The Balaban J connectivity index is 1.49. The molecular weight excluding hydrogens is 448 g/mol. The van der Waals surface area contributed by atoms with E-state index in [1.165, 1.54) is 30.5 Å². The largest absolute Gasteiger partial charge is 0.352 e. The van der Waals surface area contributed by atoms with Gasteiger partial charge in [-0.25, -0.2) is 23.7 Å². The maximum Gasteiger partial charge on any atom is 0.252 e. The molecule has 3 aromatic heterocycles. The summed E-state index contributed by atoms with van der Waals surface area (Å²) in [6, 6.07) is 17.1. The number of carbonyl (C=O) groups is 1. The summed E-state index contributed by atoms with van der Waals surface area (Å²) in [6.07, 6.45) is 5.55. The summed E-state index contributed by atoms with van der Waals surface area (Å²) in [6.45, 7) is 0.443. The molecule has 3 heterocycles. The average molecular weight is 467 g/mol. The van der Waals surface area contributed by atoms with Crippen molar-refractivity contribution >= 4 is 17.1 Å². The molecule has 172 valence electrons. The van der Waals surface area contributed by atoms with Crippen molar-refractivity contribution in [3.8, 4) is 22.5 Å². The zero-order valence-corrected chi connectivity index (χ0v) is 18.5. The van der Waals surface area contributed by atoms with Crippen molar-refractivity contribution in [2.45, 2.75) is 6.42 Å². The second-order valence-corrected chi connectivity index (χ2v) is 7.87. The van der Waals surface area contributed by atoms with E-state index in [9.17, 15) is 13.6 Å². The molecule has 0 radical (unpaired) electrons. The Morgan fingerprint density at radius 3 is 2.11 bits per heavy atom. The maximum absolute atomic E-state index is 13.5. The number of halogens is 2. The molecule has 0 fully saturated rings. The topological polar surface area (TPSA) is 80.7 Å². The van der Waals surface area contributed by atoms with E-state index in [0.29, 0.717) is 52.2 Å². The predicted molar refractivity (Wildman–Crippen MR) is 128 cm³/mol. The van der Waals surface area contributed by atoms with E-state index in [0.717, 1.165) is 5.56 Å². The molecule has 1 amide bonds. The highest BCUT2D eigenvalue weighted by molar-refractivity contribution is 5.97. The highest BCUT2D eigenvalue weighted by atomic mass is 19.1. The minimum absolute atomic E-state index is 0.281. The number of hydrogen-bond donors (Lipinski definition) is 1. The van der Waals surface area contributed by atoms with Crippen molar-refractivity contribution in [2.75, 3.05) is 6.54 Å². The summed E-state index contributed by atoms with van der Waals surface area (Å²) in [5.41, 5.74) is 4.33. The summed E-state index contributed by atoms with van der Waals surface area (Å²) in [5, 5.41) is 2.88. The van der Waals surface area contributed by atoms with Gasteiger partial charge in [0.05, 0.1) is 17.0 Å². The van der Waals surface area contributed by atoms with Gasteiger partial charge in [-0.05, 0) is 72.6 Å². The number of amides is 1. The standard InChI is InChI=1S/C27H19F2N5O/c28-21-7-3-18(4-8-21)24-25(19-5-9-22(29)10-6-19)34-26-23(33-24)14-20(16-32-26)27(35)31-13-11-17-2-1-12-30-15-17/h1-10,12,14-16H,11,13H2,(H,31,35). The number of pyridine rings is 2. The molecule has 2 aromatic carbocycles.